The fourth-order valence-corrected chi connectivity index (χ4v) is 3.74. The second kappa shape index (κ2) is 9.23. The number of likely N-dealkylation sites (tertiary alicyclic amines) is 1. The van der Waals surface area contributed by atoms with Gasteiger partial charge in [-0.05, 0) is 45.6 Å². The number of amides is 2. The Bertz CT molecular complexity index is 489. The summed E-state index contributed by atoms with van der Waals surface area (Å²) in [5, 5.41) is 9.20. The molecular formula is C17H30N4OS. The van der Waals surface area contributed by atoms with Gasteiger partial charge in [-0.1, -0.05) is 6.92 Å². The molecule has 2 heterocycles. The van der Waals surface area contributed by atoms with Crippen molar-refractivity contribution in [2.75, 3.05) is 26.2 Å². The summed E-state index contributed by atoms with van der Waals surface area (Å²) in [5.41, 5.74) is 1.08. The smallest absolute Gasteiger partial charge is 0.314 e. The Balaban J connectivity index is 1.61. The number of aryl methyl sites for hydroxylation is 1. The van der Waals surface area contributed by atoms with Crippen LogP contribution in [0.15, 0.2) is 5.38 Å². The predicted molar refractivity (Wildman–Crippen MR) is 96.0 cm³/mol. The summed E-state index contributed by atoms with van der Waals surface area (Å²) in [6, 6.07) is 0.537. The Hall–Kier alpha value is -1.14. The van der Waals surface area contributed by atoms with Crippen molar-refractivity contribution in [3.8, 4) is 0 Å². The molecule has 0 aliphatic carbocycles. The Labute approximate surface area is 143 Å². The molecule has 1 aliphatic heterocycles. The highest BCUT2D eigenvalue weighted by Crippen LogP contribution is 2.17. The molecule has 1 atom stereocenters. The van der Waals surface area contributed by atoms with Gasteiger partial charge in [0.2, 0.25) is 0 Å². The fraction of sp³-hybridized carbons (Fsp3) is 0.765. The van der Waals surface area contributed by atoms with Crippen LogP contribution < -0.4 is 10.6 Å². The number of carbonyl (C=O) groups is 1. The van der Waals surface area contributed by atoms with Crippen LogP contribution >= 0.6 is 11.3 Å². The molecule has 1 aromatic heterocycles. The monoisotopic (exact) mass is 338 g/mol. The number of aromatic nitrogens is 1. The number of hydrogen-bond acceptors (Lipinski definition) is 4. The maximum atomic E-state index is 11.9. The summed E-state index contributed by atoms with van der Waals surface area (Å²) in [5.74, 6) is 0.572. The molecule has 0 aromatic carbocycles. The minimum atomic E-state index is -0.0578. The summed E-state index contributed by atoms with van der Waals surface area (Å²) < 4.78 is 0. The van der Waals surface area contributed by atoms with E-state index in [0.29, 0.717) is 18.5 Å². The molecule has 0 bridgehead atoms. The third-order valence-electron chi connectivity index (χ3n) is 4.40. The Morgan fingerprint density at radius 2 is 2.30 bits per heavy atom. The lowest BCUT2D eigenvalue weighted by atomic mass is 9.97. The summed E-state index contributed by atoms with van der Waals surface area (Å²) in [6.45, 7) is 10.3. The van der Waals surface area contributed by atoms with E-state index in [0.717, 1.165) is 36.6 Å². The molecule has 0 radical (unpaired) electrons. The second-order valence-electron chi connectivity index (χ2n) is 6.57. The maximum absolute atomic E-state index is 11.9. The van der Waals surface area contributed by atoms with Gasteiger partial charge in [-0.2, -0.15) is 0 Å². The van der Waals surface area contributed by atoms with Crippen molar-refractivity contribution in [1.82, 2.24) is 20.5 Å². The van der Waals surface area contributed by atoms with Crippen LogP contribution in [0, 0.1) is 5.92 Å². The second-order valence-corrected chi connectivity index (χ2v) is 7.51. The minimum Gasteiger partial charge on any atom is -0.338 e. The molecule has 2 N–H and O–H groups in total. The number of nitrogens with one attached hydrogen (secondary N) is 2. The highest BCUT2D eigenvalue weighted by atomic mass is 32.1. The van der Waals surface area contributed by atoms with Crippen LogP contribution in [0.2, 0.25) is 0 Å². The number of thiazole rings is 1. The first-order valence-corrected chi connectivity index (χ1v) is 9.65. The SMILES string of the molecule is CCc1nc(CCNC(=O)NCC2CCCN(C(C)C)C2)cs1. The van der Waals surface area contributed by atoms with E-state index in [1.54, 1.807) is 11.3 Å². The van der Waals surface area contributed by atoms with Crippen molar-refractivity contribution in [3.05, 3.63) is 16.1 Å². The van der Waals surface area contributed by atoms with Crippen molar-refractivity contribution >= 4 is 17.4 Å². The summed E-state index contributed by atoms with van der Waals surface area (Å²) in [6.07, 6.45) is 4.22. The van der Waals surface area contributed by atoms with E-state index in [4.69, 9.17) is 0 Å². The zero-order valence-electron chi connectivity index (χ0n) is 14.6. The number of urea groups is 1. The Morgan fingerprint density at radius 3 is 3.00 bits per heavy atom. The third kappa shape index (κ3) is 6.11. The molecule has 0 saturated carbocycles. The zero-order chi connectivity index (χ0) is 16.7. The normalized spacial score (nSPS) is 19.0. The van der Waals surface area contributed by atoms with Crippen LogP contribution in [0.3, 0.4) is 0 Å². The molecule has 5 nitrogen and oxygen atoms in total. The van der Waals surface area contributed by atoms with E-state index in [1.807, 2.05) is 0 Å². The standard InChI is InChI=1S/C17H30N4OS/c1-4-16-20-15(12-23-16)7-8-18-17(22)19-10-14-6-5-9-21(11-14)13(2)3/h12-14H,4-11H2,1-3H3,(H2,18,19,22). The first kappa shape index (κ1) is 18.2. The molecule has 23 heavy (non-hydrogen) atoms. The topological polar surface area (TPSA) is 57.3 Å². The van der Waals surface area contributed by atoms with Gasteiger partial charge in [0.25, 0.3) is 0 Å². The van der Waals surface area contributed by atoms with Crippen LogP contribution in [0.4, 0.5) is 4.79 Å². The molecule has 0 spiro atoms. The lowest BCUT2D eigenvalue weighted by Gasteiger charge is -2.35. The highest BCUT2D eigenvalue weighted by Gasteiger charge is 2.21. The third-order valence-corrected chi connectivity index (χ3v) is 5.44. The fourth-order valence-electron chi connectivity index (χ4n) is 2.96. The first-order chi connectivity index (χ1) is 11.1. The number of nitrogens with zero attached hydrogens (tertiary/aromatic N) is 2. The number of hydrogen-bond donors (Lipinski definition) is 2. The van der Waals surface area contributed by atoms with E-state index in [1.165, 1.54) is 19.4 Å². The zero-order valence-corrected chi connectivity index (χ0v) is 15.4. The van der Waals surface area contributed by atoms with Crippen LogP contribution in [-0.2, 0) is 12.8 Å². The molecule has 1 unspecified atom stereocenters. The quantitative estimate of drug-likeness (QED) is 0.803. The largest absolute Gasteiger partial charge is 0.338 e. The average molecular weight is 339 g/mol. The molecule has 2 rings (SSSR count). The van der Waals surface area contributed by atoms with Crippen molar-refractivity contribution in [3.63, 3.8) is 0 Å². The average Bonchev–Trinajstić information content (AvgIpc) is 3.01. The minimum absolute atomic E-state index is 0.0578. The van der Waals surface area contributed by atoms with Gasteiger partial charge in [-0.3, -0.25) is 0 Å². The van der Waals surface area contributed by atoms with Crippen molar-refractivity contribution < 1.29 is 4.79 Å². The van der Waals surface area contributed by atoms with Crippen LogP contribution in [0.25, 0.3) is 0 Å². The molecule has 2 amide bonds. The van der Waals surface area contributed by atoms with E-state index in [-0.39, 0.29) is 6.03 Å². The van der Waals surface area contributed by atoms with Gasteiger partial charge in [0.1, 0.15) is 0 Å². The molecule has 6 heteroatoms. The van der Waals surface area contributed by atoms with Crippen molar-refractivity contribution in [2.45, 2.75) is 52.5 Å². The summed E-state index contributed by atoms with van der Waals surface area (Å²) >= 11 is 1.70. The molecular weight excluding hydrogens is 308 g/mol. The molecule has 1 aromatic rings. The molecule has 1 saturated heterocycles. The van der Waals surface area contributed by atoms with E-state index >= 15 is 0 Å². The number of piperidine rings is 1. The van der Waals surface area contributed by atoms with Gasteiger partial charge in [-0.15, -0.1) is 11.3 Å². The van der Waals surface area contributed by atoms with Gasteiger partial charge in [0.05, 0.1) is 10.7 Å². The lowest BCUT2D eigenvalue weighted by molar-refractivity contribution is 0.139. The number of carbonyl (C=O) groups excluding carboxylic acids is 1. The van der Waals surface area contributed by atoms with Gasteiger partial charge in [-0.25, -0.2) is 9.78 Å². The summed E-state index contributed by atoms with van der Waals surface area (Å²) in [4.78, 5) is 18.9. The van der Waals surface area contributed by atoms with Gasteiger partial charge in [0, 0.05) is 37.5 Å². The van der Waals surface area contributed by atoms with Crippen LogP contribution in [0.1, 0.15) is 44.3 Å². The van der Waals surface area contributed by atoms with Gasteiger partial charge < -0.3 is 15.5 Å². The van der Waals surface area contributed by atoms with Crippen LogP contribution in [-0.4, -0.2) is 48.1 Å². The maximum Gasteiger partial charge on any atom is 0.314 e. The molecule has 130 valence electrons. The van der Waals surface area contributed by atoms with Crippen LogP contribution in [0.5, 0.6) is 0 Å². The lowest BCUT2D eigenvalue weighted by Crippen LogP contribution is -2.45. The highest BCUT2D eigenvalue weighted by molar-refractivity contribution is 7.09. The first-order valence-electron chi connectivity index (χ1n) is 8.77. The van der Waals surface area contributed by atoms with Crippen molar-refractivity contribution in [2.24, 2.45) is 5.92 Å². The Morgan fingerprint density at radius 1 is 1.48 bits per heavy atom. The van der Waals surface area contributed by atoms with Crippen molar-refractivity contribution in [1.29, 1.82) is 0 Å². The molecule has 1 fully saturated rings. The predicted octanol–water partition coefficient (Wildman–Crippen LogP) is 2.67. The van der Waals surface area contributed by atoms with E-state index < -0.39 is 0 Å². The van der Waals surface area contributed by atoms with Gasteiger partial charge in [0.15, 0.2) is 0 Å². The number of rotatable bonds is 7. The Kier molecular flexibility index (Phi) is 7.30. The van der Waals surface area contributed by atoms with E-state index in [2.05, 4.69) is 46.7 Å². The molecule has 1 aliphatic rings. The van der Waals surface area contributed by atoms with Gasteiger partial charge >= 0.3 is 6.03 Å². The van der Waals surface area contributed by atoms with E-state index in [9.17, 15) is 4.79 Å². The summed E-state index contributed by atoms with van der Waals surface area (Å²) in [7, 11) is 0.